The van der Waals surface area contributed by atoms with E-state index in [1.165, 1.54) is 15.6 Å². The minimum Gasteiger partial charge on any atom is -0.341 e. The average molecular weight is 372 g/mol. The van der Waals surface area contributed by atoms with E-state index in [-0.39, 0.29) is 17.9 Å². The summed E-state index contributed by atoms with van der Waals surface area (Å²) in [5.41, 5.74) is 0. The van der Waals surface area contributed by atoms with E-state index >= 15 is 0 Å². The van der Waals surface area contributed by atoms with Crippen LogP contribution in [0.4, 0.5) is 0 Å². The number of carbonyl (C=O) groups excluding carboxylic acids is 1. The summed E-state index contributed by atoms with van der Waals surface area (Å²) in [5, 5.41) is 3.27. The lowest BCUT2D eigenvalue weighted by Crippen LogP contribution is -2.48. The number of sulfonamides is 1. The molecule has 3 rings (SSSR count). The lowest BCUT2D eigenvalue weighted by Gasteiger charge is -2.34. The lowest BCUT2D eigenvalue weighted by atomic mass is 9.97. The van der Waals surface area contributed by atoms with Crippen LogP contribution in [0.25, 0.3) is 0 Å². The maximum absolute atomic E-state index is 12.8. The number of likely N-dealkylation sites (N-methyl/N-ethyl adjacent to an activating group) is 1. The van der Waals surface area contributed by atoms with Gasteiger partial charge in [0, 0.05) is 37.6 Å². The van der Waals surface area contributed by atoms with Crippen LogP contribution in [0.15, 0.2) is 16.3 Å². The molecular formula is C16H25N3O3S2. The first kappa shape index (κ1) is 17.8. The zero-order chi connectivity index (χ0) is 17.3. The van der Waals surface area contributed by atoms with Crippen molar-refractivity contribution in [3.8, 4) is 0 Å². The van der Waals surface area contributed by atoms with Crippen molar-refractivity contribution in [2.24, 2.45) is 5.92 Å². The third kappa shape index (κ3) is 3.51. The molecule has 6 nitrogen and oxygen atoms in total. The molecule has 0 aliphatic carbocycles. The fourth-order valence-corrected chi connectivity index (χ4v) is 6.44. The number of rotatable bonds is 4. The molecule has 2 saturated heterocycles. The number of piperidine rings is 1. The molecule has 0 bridgehead atoms. The van der Waals surface area contributed by atoms with Crippen molar-refractivity contribution in [3.63, 3.8) is 0 Å². The van der Waals surface area contributed by atoms with Crippen LogP contribution in [-0.4, -0.2) is 62.8 Å². The van der Waals surface area contributed by atoms with Gasteiger partial charge in [0.15, 0.2) is 0 Å². The first-order valence-corrected chi connectivity index (χ1v) is 10.7. The van der Waals surface area contributed by atoms with Gasteiger partial charge >= 0.3 is 0 Å². The summed E-state index contributed by atoms with van der Waals surface area (Å²) in [6, 6.07) is 3.71. The Bertz CT molecular complexity index is 695. The Balaban J connectivity index is 1.71. The molecule has 0 saturated carbocycles. The zero-order valence-electron chi connectivity index (χ0n) is 14.2. The first-order valence-electron chi connectivity index (χ1n) is 8.43. The minimum atomic E-state index is -3.48. The van der Waals surface area contributed by atoms with Gasteiger partial charge in [-0.15, -0.1) is 11.3 Å². The van der Waals surface area contributed by atoms with Crippen LogP contribution >= 0.6 is 11.3 Å². The van der Waals surface area contributed by atoms with Gasteiger partial charge in [-0.3, -0.25) is 4.79 Å². The Kier molecular flexibility index (Phi) is 5.29. The van der Waals surface area contributed by atoms with Gasteiger partial charge in [-0.2, -0.15) is 4.31 Å². The molecule has 3 heterocycles. The third-order valence-electron chi connectivity index (χ3n) is 4.97. The van der Waals surface area contributed by atoms with Gasteiger partial charge < -0.3 is 10.2 Å². The van der Waals surface area contributed by atoms with Crippen molar-refractivity contribution in [1.29, 1.82) is 0 Å². The van der Waals surface area contributed by atoms with Crippen molar-refractivity contribution < 1.29 is 13.2 Å². The number of hydrogen-bond donors (Lipinski definition) is 1. The third-order valence-corrected chi connectivity index (χ3v) is 8.31. The molecule has 1 aromatic rings. The molecule has 2 fully saturated rings. The number of aryl methyl sites for hydroxylation is 1. The molecule has 2 aliphatic rings. The van der Waals surface area contributed by atoms with E-state index in [0.29, 0.717) is 17.3 Å². The highest BCUT2D eigenvalue weighted by Crippen LogP contribution is 2.29. The molecule has 0 aromatic carbocycles. The van der Waals surface area contributed by atoms with Crippen molar-refractivity contribution in [2.45, 2.75) is 36.4 Å². The molecule has 134 valence electrons. The summed E-state index contributed by atoms with van der Waals surface area (Å²) in [6.45, 7) is 4.45. The Morgan fingerprint density at radius 1 is 1.38 bits per heavy atom. The Labute approximate surface area is 147 Å². The van der Waals surface area contributed by atoms with Crippen LogP contribution in [0, 0.1) is 12.8 Å². The van der Waals surface area contributed by atoms with Crippen LogP contribution in [0.3, 0.4) is 0 Å². The summed E-state index contributed by atoms with van der Waals surface area (Å²) in [5.74, 6) is -0.161. The van der Waals surface area contributed by atoms with E-state index in [2.05, 4.69) is 5.32 Å². The van der Waals surface area contributed by atoms with Crippen molar-refractivity contribution in [3.05, 3.63) is 17.0 Å². The largest absolute Gasteiger partial charge is 0.341 e. The number of hydrogen-bond acceptors (Lipinski definition) is 5. The highest BCUT2D eigenvalue weighted by molar-refractivity contribution is 7.91. The number of amides is 1. The van der Waals surface area contributed by atoms with Crippen LogP contribution in [0.5, 0.6) is 0 Å². The molecule has 0 spiro atoms. The fraction of sp³-hybridized carbons (Fsp3) is 0.688. The van der Waals surface area contributed by atoms with E-state index < -0.39 is 10.0 Å². The Morgan fingerprint density at radius 3 is 2.79 bits per heavy atom. The molecule has 1 aromatic heterocycles. The van der Waals surface area contributed by atoms with Crippen molar-refractivity contribution >= 4 is 27.3 Å². The predicted octanol–water partition coefficient (Wildman–Crippen LogP) is 1.28. The quantitative estimate of drug-likeness (QED) is 0.866. The highest BCUT2D eigenvalue weighted by Gasteiger charge is 2.36. The van der Waals surface area contributed by atoms with Crippen LogP contribution in [-0.2, 0) is 14.8 Å². The maximum atomic E-state index is 12.8. The van der Waals surface area contributed by atoms with Gasteiger partial charge in [-0.05, 0) is 44.9 Å². The lowest BCUT2D eigenvalue weighted by molar-refractivity contribution is -0.137. The van der Waals surface area contributed by atoms with Gasteiger partial charge in [0.25, 0.3) is 10.0 Å². The Morgan fingerprint density at radius 2 is 2.17 bits per heavy atom. The first-order chi connectivity index (χ1) is 11.4. The summed E-state index contributed by atoms with van der Waals surface area (Å²) in [4.78, 5) is 15.6. The molecule has 1 N–H and O–H groups in total. The smallest absolute Gasteiger partial charge is 0.252 e. The van der Waals surface area contributed by atoms with Gasteiger partial charge in [0.05, 0.1) is 5.92 Å². The van der Waals surface area contributed by atoms with E-state index in [9.17, 15) is 13.2 Å². The number of nitrogens with zero attached hydrogens (tertiary/aromatic N) is 2. The predicted molar refractivity (Wildman–Crippen MR) is 94.6 cm³/mol. The summed E-state index contributed by atoms with van der Waals surface area (Å²) in [7, 11) is -1.64. The average Bonchev–Trinajstić information content (AvgIpc) is 3.25. The molecule has 24 heavy (non-hydrogen) atoms. The monoisotopic (exact) mass is 371 g/mol. The van der Waals surface area contributed by atoms with E-state index in [0.717, 1.165) is 37.2 Å². The fourth-order valence-electron chi connectivity index (χ4n) is 3.48. The van der Waals surface area contributed by atoms with Gasteiger partial charge in [0.2, 0.25) is 5.91 Å². The highest BCUT2D eigenvalue weighted by atomic mass is 32.2. The summed E-state index contributed by atoms with van der Waals surface area (Å²) in [6.07, 6.45) is 2.46. The summed E-state index contributed by atoms with van der Waals surface area (Å²) < 4.78 is 27.5. The standard InChI is InChI=1S/C16H25N3O3S2/c1-12-5-6-15(23-12)24(21,22)19-9-3-4-13(11-19)16(20)18(2)14-7-8-17-10-14/h5-6,13-14,17H,3-4,7-11H2,1-2H3. The molecule has 1 amide bonds. The molecule has 0 radical (unpaired) electrons. The zero-order valence-corrected chi connectivity index (χ0v) is 15.8. The maximum Gasteiger partial charge on any atom is 0.252 e. The van der Waals surface area contributed by atoms with Crippen LogP contribution in [0.2, 0.25) is 0 Å². The second-order valence-corrected chi connectivity index (χ2v) is 10.1. The Hall–Kier alpha value is -0.960. The van der Waals surface area contributed by atoms with Crippen molar-refractivity contribution in [1.82, 2.24) is 14.5 Å². The number of thiophene rings is 1. The second kappa shape index (κ2) is 7.11. The topological polar surface area (TPSA) is 69.7 Å². The normalized spacial score (nSPS) is 25.8. The van der Waals surface area contributed by atoms with Crippen LogP contribution in [0.1, 0.15) is 24.1 Å². The van der Waals surface area contributed by atoms with Gasteiger partial charge in [-0.1, -0.05) is 0 Å². The van der Waals surface area contributed by atoms with Gasteiger partial charge in [-0.25, -0.2) is 8.42 Å². The number of nitrogens with one attached hydrogen (secondary N) is 1. The number of carbonyl (C=O) groups is 1. The van der Waals surface area contributed by atoms with E-state index in [1.807, 2.05) is 24.9 Å². The van der Waals surface area contributed by atoms with Gasteiger partial charge in [0.1, 0.15) is 4.21 Å². The van der Waals surface area contributed by atoms with Crippen molar-refractivity contribution in [2.75, 3.05) is 33.2 Å². The molecule has 8 heteroatoms. The molecular weight excluding hydrogens is 346 g/mol. The molecule has 2 unspecified atom stereocenters. The summed E-state index contributed by atoms with van der Waals surface area (Å²) >= 11 is 1.29. The minimum absolute atomic E-state index is 0.0750. The SMILES string of the molecule is Cc1ccc(S(=O)(=O)N2CCCC(C(=O)N(C)C3CCNC3)C2)s1. The molecule has 2 atom stereocenters. The molecule has 2 aliphatic heterocycles. The second-order valence-electron chi connectivity index (χ2n) is 6.66. The van der Waals surface area contributed by atoms with Crippen LogP contribution < -0.4 is 5.32 Å². The van der Waals surface area contributed by atoms with E-state index in [4.69, 9.17) is 0 Å². The van der Waals surface area contributed by atoms with E-state index in [1.54, 1.807) is 6.07 Å².